The van der Waals surface area contributed by atoms with Crippen LogP contribution in [0.2, 0.25) is 0 Å². The molecule has 0 spiro atoms. The number of benzene rings is 2. The predicted molar refractivity (Wildman–Crippen MR) is 344 cm³/mol. The third-order valence-electron chi connectivity index (χ3n) is 17.3. The largest absolute Gasteiger partial charge is 1.00 e. The molecule has 446 valence electrons. The average molecular weight is 1500 g/mol. The van der Waals surface area contributed by atoms with E-state index in [0.29, 0.717) is 36.8 Å². The number of aliphatic hydroxyl groups excluding tert-OH is 1. The van der Waals surface area contributed by atoms with Crippen molar-refractivity contribution in [1.29, 1.82) is 0 Å². The van der Waals surface area contributed by atoms with E-state index in [2.05, 4.69) is 89.5 Å². The first-order chi connectivity index (χ1) is 35.6. The van der Waals surface area contributed by atoms with Crippen LogP contribution in [0.5, 0.6) is 5.75 Å². The van der Waals surface area contributed by atoms with Gasteiger partial charge in [0.15, 0.2) is 0 Å². The Hall–Kier alpha value is 13.7. The number of nitrogens with two attached hydrogens (primary N) is 1. The zero-order valence-corrected chi connectivity index (χ0v) is 94.1. The van der Waals surface area contributed by atoms with Gasteiger partial charge in [-0.2, -0.15) is 4.40 Å². The number of rotatable bonds is 15. The van der Waals surface area contributed by atoms with Crippen LogP contribution in [-0.2, 0) is 40.0 Å². The molecule has 1 amide bonds. The van der Waals surface area contributed by atoms with Gasteiger partial charge in [-0.1, -0.05) is 168 Å². The van der Waals surface area contributed by atoms with Crippen LogP contribution in [-0.4, -0.2) is 96.0 Å². The molecule has 1 aliphatic heterocycles. The van der Waals surface area contributed by atoms with Gasteiger partial charge < -0.3 is 66.5 Å². The van der Waals surface area contributed by atoms with Crippen LogP contribution in [0.15, 0.2) is 46.9 Å². The van der Waals surface area contributed by atoms with Crippen molar-refractivity contribution in [3.63, 3.8) is 0 Å². The Labute approximate surface area is 986 Å². The van der Waals surface area contributed by atoms with E-state index >= 15 is 0 Å². The molecule has 0 aromatic heterocycles. The van der Waals surface area contributed by atoms with E-state index < -0.39 is 11.0 Å². The SMILES string of the molecule is CC1CCC(CC=N[S@](=O)C(C)(C)C)CC1.CC1CCC(CC=O)CC1.CC1CCC(C[C@@H](N)C(C)C)CC1.CC1CCC(C[C@@H](NC(=O)[C@H]2Cc3ccc(O)cc3CN2)C(C)C)CC1.Cc1ccc(CCO)cc1.[B-].[B-].[B-].[B-].[H-].[K+].[K+].[K+].[K+].[K+].[K+].[K+].[K+].[K+].[K+]. The van der Waals surface area contributed by atoms with Gasteiger partial charge in [-0.15, -0.1) is 0 Å². The molecule has 16 radical (unpaired) electrons. The summed E-state index contributed by atoms with van der Waals surface area (Å²) in [6.07, 6.45) is 30.1. The standard InChI is InChI=1S/C22H34N2O2.C13H25NOS.C12H25N.C9H16O.C9H12O.4B.10K.H/c1-14(2)20(10-16-6-4-15(3)5-7-16)24-22(26)21-12-17-8-9-19(25)11-18(17)13-23-21;1-11-5-7-12(8-6-11)9-10-14-16(15)13(2,3)4;1-9(2)12(13)8-11-6-4-10(3)5-7-11;2*1-8-2-4-9(5-3-8)6-7-10;;;;;;;;;;;;;;;/h8-9,11,14-16,20-21,23,25H,4-7,10,12-13H2,1-3H3,(H,24,26);10-12H,5-9H2,1-4H3;9-12H,4-8,13H2,1-3H3;7-9H,2-6H2,1H3;2-5,10H,6-7H2,1H3;;;;;;;;;;;;;;;/q;;;;;4*-1;10*+1;-1/t15?,16?,20-,21-;11?,12?,16-;10?,11?,12-;;;;;;;;;;;;;;;;;/m111................./s1. The van der Waals surface area contributed by atoms with Crippen LogP contribution in [0.1, 0.15) is 228 Å². The zero-order valence-electron chi connectivity index (χ0n) is 63.0. The monoisotopic (exact) mass is 1500 g/mol. The third kappa shape index (κ3) is 62.0. The number of aliphatic hydroxyl groups is 1. The Morgan fingerprint density at radius 2 is 1.04 bits per heavy atom. The van der Waals surface area contributed by atoms with Gasteiger partial charge in [0.1, 0.15) is 23.0 Å². The molecule has 1 heterocycles. The minimum absolute atomic E-state index is 0. The molecule has 5 aliphatic rings. The van der Waals surface area contributed by atoms with Crippen molar-refractivity contribution in [2.75, 3.05) is 6.61 Å². The van der Waals surface area contributed by atoms with E-state index in [-0.39, 0.29) is 584 Å². The zero-order chi connectivity index (χ0) is 55.5. The van der Waals surface area contributed by atoms with Gasteiger partial charge in [-0.05, 0) is 173 Å². The summed E-state index contributed by atoms with van der Waals surface area (Å²) in [4.78, 5) is 23.0. The molecule has 2 aromatic rings. The fraction of sp³-hybridized carbons (Fsp3) is 0.769. The van der Waals surface area contributed by atoms with E-state index in [9.17, 15) is 18.9 Å². The summed E-state index contributed by atoms with van der Waals surface area (Å²) in [6.45, 7) is 27.1. The number of fused-ring (bicyclic) bond motifs is 1. The van der Waals surface area contributed by atoms with Crippen molar-refractivity contribution in [2.45, 2.75) is 254 Å². The number of hydrogen-bond acceptors (Lipinski definition) is 7. The van der Waals surface area contributed by atoms with Crippen LogP contribution in [0.4, 0.5) is 0 Å². The summed E-state index contributed by atoms with van der Waals surface area (Å²) < 4.78 is 15.6. The summed E-state index contributed by atoms with van der Waals surface area (Å²) in [5.74, 6) is 8.31. The molecular formula is C65H113B4K10N4O5S+5. The third-order valence-corrected chi connectivity index (χ3v) is 18.7. The smallest absolute Gasteiger partial charge is 1.00 e. The number of aryl methyl sites for hydroxylation is 1. The molecular weight excluding hydrogens is 1380 g/mol. The summed E-state index contributed by atoms with van der Waals surface area (Å²) in [5, 5.41) is 24.9. The van der Waals surface area contributed by atoms with Crippen molar-refractivity contribution in [2.24, 2.45) is 69.3 Å². The van der Waals surface area contributed by atoms with Crippen LogP contribution >= 0.6 is 0 Å². The number of carbonyl (C=O) groups excluding carboxylic acids is 2. The topological polar surface area (TPSA) is 154 Å². The Bertz CT molecular complexity index is 1970. The number of phenols is 1. The van der Waals surface area contributed by atoms with E-state index in [0.717, 1.165) is 84.5 Å². The quantitative estimate of drug-likeness (QED) is 0.0676. The Kier molecular flexibility index (Phi) is 112. The fourth-order valence-electron chi connectivity index (χ4n) is 11.2. The molecule has 7 rings (SSSR count). The van der Waals surface area contributed by atoms with Gasteiger partial charge in [0, 0.05) is 37.9 Å². The van der Waals surface area contributed by atoms with Gasteiger partial charge in [-0.3, -0.25) is 4.79 Å². The predicted octanol–water partition coefficient (Wildman–Crippen LogP) is -16.8. The van der Waals surface area contributed by atoms with Gasteiger partial charge in [-0.25, -0.2) is 4.21 Å². The molecule has 9 nitrogen and oxygen atoms in total. The van der Waals surface area contributed by atoms with Crippen LogP contribution in [0.3, 0.4) is 0 Å². The average Bonchev–Trinajstić information content (AvgIpc) is 3.37. The second-order valence-corrected chi connectivity index (χ2v) is 28.0. The molecule has 2 aromatic carbocycles. The van der Waals surface area contributed by atoms with Gasteiger partial charge in [0.2, 0.25) is 5.91 Å². The molecule has 4 aliphatic carbocycles. The number of nitrogens with one attached hydrogen (secondary N) is 2. The number of nitrogens with zero attached hydrogens (tertiary/aromatic N) is 1. The summed E-state index contributed by atoms with van der Waals surface area (Å²) in [7, 11) is -1.08. The van der Waals surface area contributed by atoms with Crippen molar-refractivity contribution < 1.29 is 539 Å². The second kappa shape index (κ2) is 77.0. The first-order valence-corrected chi connectivity index (χ1v) is 31.3. The van der Waals surface area contributed by atoms with Gasteiger partial charge >= 0.3 is 514 Å². The number of aldehydes is 1. The van der Waals surface area contributed by atoms with Crippen LogP contribution in [0, 0.1) is 66.1 Å². The van der Waals surface area contributed by atoms with Crippen molar-refractivity contribution >= 4 is 63.0 Å². The number of phenolic OH excluding ortho intramolecular Hbond substituents is 1. The number of hydrogen-bond donors (Lipinski definition) is 5. The van der Waals surface area contributed by atoms with E-state index in [1.165, 1.54) is 120 Å². The molecule has 6 N–H and O–H groups in total. The Balaban J connectivity index is -0.0000000751. The molecule has 0 unspecified atom stereocenters. The summed E-state index contributed by atoms with van der Waals surface area (Å²) in [6, 6.07) is 14.2. The van der Waals surface area contributed by atoms with E-state index in [1.54, 1.807) is 12.1 Å². The number of carbonyl (C=O) groups is 2. The fourth-order valence-corrected chi connectivity index (χ4v) is 11.7. The molecule has 4 saturated carbocycles. The molecule has 0 saturated heterocycles. The maximum atomic E-state index is 12.9. The minimum atomic E-state index is -1.08. The van der Waals surface area contributed by atoms with Crippen LogP contribution < -0.4 is 530 Å². The molecule has 24 heteroatoms. The first kappa shape index (κ1) is 129. The van der Waals surface area contributed by atoms with Gasteiger partial charge in [0.05, 0.1) is 10.8 Å². The molecule has 0 bridgehead atoms. The van der Waals surface area contributed by atoms with E-state index in [1.807, 2.05) is 45.2 Å². The number of aromatic hydroxyl groups is 1. The molecule has 4 atom stereocenters. The minimum Gasteiger partial charge on any atom is -1.00 e. The molecule has 89 heavy (non-hydrogen) atoms. The number of amides is 1. The van der Waals surface area contributed by atoms with Crippen LogP contribution in [0.25, 0.3) is 0 Å². The second-order valence-electron chi connectivity index (χ2n) is 26.1. The first-order valence-electron chi connectivity index (χ1n) is 30.2. The maximum absolute atomic E-state index is 12.9. The Morgan fingerprint density at radius 1 is 0.640 bits per heavy atom. The summed E-state index contributed by atoms with van der Waals surface area (Å²) in [5.41, 5.74) is 10.8. The Morgan fingerprint density at radius 3 is 1.43 bits per heavy atom. The maximum Gasteiger partial charge on any atom is 1.00 e. The van der Waals surface area contributed by atoms with Crippen molar-refractivity contribution in [3.8, 4) is 5.75 Å². The van der Waals surface area contributed by atoms with Crippen molar-refractivity contribution in [1.82, 2.24) is 10.6 Å². The molecule has 4 fully saturated rings. The van der Waals surface area contributed by atoms with Gasteiger partial charge in [0.25, 0.3) is 0 Å². The normalized spacial score (nSPS) is 22.8. The van der Waals surface area contributed by atoms with Crippen molar-refractivity contribution in [3.05, 3.63) is 64.7 Å². The summed E-state index contributed by atoms with van der Waals surface area (Å²) >= 11 is 0. The van der Waals surface area contributed by atoms with E-state index in [4.69, 9.17) is 10.8 Å².